The Labute approximate surface area is 74.3 Å². The van der Waals surface area contributed by atoms with E-state index >= 15 is 0 Å². The van der Waals surface area contributed by atoms with Crippen molar-refractivity contribution in [2.75, 3.05) is 6.61 Å². The number of ether oxygens (including phenoxy) is 1. The van der Waals surface area contributed by atoms with Crippen LogP contribution in [0.5, 0.6) is 0 Å². The molecule has 0 heterocycles. The number of rotatable bonds is 5. The summed E-state index contributed by atoms with van der Waals surface area (Å²) in [7, 11) is 0. The van der Waals surface area contributed by atoms with Crippen molar-refractivity contribution in [3.05, 3.63) is 0 Å². The second-order valence-corrected chi connectivity index (χ2v) is 3.71. The van der Waals surface area contributed by atoms with E-state index in [0.29, 0.717) is 19.4 Å². The third-order valence-electron chi connectivity index (χ3n) is 1.44. The summed E-state index contributed by atoms with van der Waals surface area (Å²) in [5, 5.41) is 0. The maximum atomic E-state index is 11.0. The fourth-order valence-corrected chi connectivity index (χ4v) is 0.712. The molecule has 0 radical (unpaired) electrons. The summed E-state index contributed by atoms with van der Waals surface area (Å²) in [5.74, 6) is -0.143. The van der Waals surface area contributed by atoms with Crippen LogP contribution in [0.2, 0.25) is 0 Å². The normalized spacial score (nSPS) is 11.3. The molecule has 0 bridgehead atoms. The Balaban J connectivity index is 3.44. The van der Waals surface area contributed by atoms with Crippen molar-refractivity contribution >= 4 is 5.97 Å². The van der Waals surface area contributed by atoms with Gasteiger partial charge >= 0.3 is 5.97 Å². The maximum absolute atomic E-state index is 11.0. The van der Waals surface area contributed by atoms with Gasteiger partial charge in [0.25, 0.3) is 0 Å². The van der Waals surface area contributed by atoms with Crippen LogP contribution in [0.15, 0.2) is 0 Å². The van der Waals surface area contributed by atoms with Gasteiger partial charge in [0.2, 0.25) is 0 Å². The van der Waals surface area contributed by atoms with Gasteiger partial charge in [-0.1, -0.05) is 6.92 Å². The summed E-state index contributed by atoms with van der Waals surface area (Å²) < 4.78 is 4.89. The lowest BCUT2D eigenvalue weighted by Crippen LogP contribution is -2.32. The molecule has 0 amide bonds. The van der Waals surface area contributed by atoms with E-state index in [1.165, 1.54) is 0 Å². The number of hydrogen-bond acceptors (Lipinski definition) is 3. The number of carbonyl (C=O) groups excluding carboxylic acids is 1. The highest BCUT2D eigenvalue weighted by Gasteiger charge is 2.13. The van der Waals surface area contributed by atoms with Crippen LogP contribution in [0.4, 0.5) is 0 Å². The van der Waals surface area contributed by atoms with E-state index in [2.05, 4.69) is 0 Å². The summed E-state index contributed by atoms with van der Waals surface area (Å²) in [6.45, 7) is 6.30. The van der Waals surface area contributed by atoms with E-state index in [0.717, 1.165) is 6.42 Å². The Morgan fingerprint density at radius 1 is 1.50 bits per heavy atom. The molecular weight excluding hydrogens is 154 g/mol. The van der Waals surface area contributed by atoms with Crippen molar-refractivity contribution < 1.29 is 9.53 Å². The molecule has 0 aromatic carbocycles. The first-order valence-corrected chi connectivity index (χ1v) is 4.40. The van der Waals surface area contributed by atoms with Crippen LogP contribution in [-0.2, 0) is 9.53 Å². The van der Waals surface area contributed by atoms with E-state index in [-0.39, 0.29) is 11.5 Å². The summed E-state index contributed by atoms with van der Waals surface area (Å²) in [5.41, 5.74) is 5.43. The Morgan fingerprint density at radius 3 is 2.50 bits per heavy atom. The summed E-state index contributed by atoms with van der Waals surface area (Å²) >= 11 is 0. The molecule has 0 spiro atoms. The lowest BCUT2D eigenvalue weighted by molar-refractivity contribution is -0.144. The van der Waals surface area contributed by atoms with Gasteiger partial charge in [-0.05, 0) is 26.7 Å². The third kappa shape index (κ3) is 7.54. The highest BCUT2D eigenvalue weighted by Crippen LogP contribution is 2.07. The molecule has 0 rings (SSSR count). The third-order valence-corrected chi connectivity index (χ3v) is 1.44. The molecule has 0 atom stereocenters. The molecule has 12 heavy (non-hydrogen) atoms. The Morgan fingerprint density at radius 2 is 2.08 bits per heavy atom. The molecule has 0 aromatic heterocycles. The minimum Gasteiger partial charge on any atom is -0.466 e. The van der Waals surface area contributed by atoms with Gasteiger partial charge in [0.05, 0.1) is 6.61 Å². The first kappa shape index (κ1) is 11.4. The van der Waals surface area contributed by atoms with Crippen LogP contribution in [0.3, 0.4) is 0 Å². The molecule has 3 heteroatoms. The first-order chi connectivity index (χ1) is 5.45. The fourth-order valence-electron chi connectivity index (χ4n) is 0.712. The SMILES string of the molecule is CCCOC(=O)CCC(C)(C)N. The fraction of sp³-hybridized carbons (Fsp3) is 0.889. The smallest absolute Gasteiger partial charge is 0.305 e. The summed E-state index contributed by atoms with van der Waals surface area (Å²) in [6.07, 6.45) is 1.97. The number of carbonyl (C=O) groups is 1. The van der Waals surface area contributed by atoms with E-state index in [1.54, 1.807) is 0 Å². The van der Waals surface area contributed by atoms with E-state index < -0.39 is 0 Å². The van der Waals surface area contributed by atoms with E-state index in [9.17, 15) is 4.79 Å². The highest BCUT2D eigenvalue weighted by molar-refractivity contribution is 5.69. The largest absolute Gasteiger partial charge is 0.466 e. The Bertz CT molecular complexity index is 138. The molecule has 0 saturated carbocycles. The summed E-state index contributed by atoms with van der Waals surface area (Å²) in [4.78, 5) is 11.0. The van der Waals surface area contributed by atoms with Crippen LogP contribution in [-0.4, -0.2) is 18.1 Å². The number of esters is 1. The molecule has 2 N–H and O–H groups in total. The maximum Gasteiger partial charge on any atom is 0.305 e. The topological polar surface area (TPSA) is 52.3 Å². The lowest BCUT2D eigenvalue weighted by Gasteiger charge is -2.17. The van der Waals surface area contributed by atoms with Gasteiger partial charge in [-0.15, -0.1) is 0 Å². The molecule has 0 aliphatic rings. The van der Waals surface area contributed by atoms with Crippen molar-refractivity contribution in [2.45, 2.75) is 45.6 Å². The van der Waals surface area contributed by atoms with Crippen molar-refractivity contribution in [3.8, 4) is 0 Å². The molecule has 0 aromatic rings. The lowest BCUT2D eigenvalue weighted by atomic mass is 10.0. The Hall–Kier alpha value is -0.570. The van der Waals surface area contributed by atoms with Gasteiger partial charge in [-0.25, -0.2) is 0 Å². The average molecular weight is 173 g/mol. The average Bonchev–Trinajstić information content (AvgIpc) is 1.95. The minimum atomic E-state index is -0.273. The summed E-state index contributed by atoms with van der Waals surface area (Å²) in [6, 6.07) is 0. The highest BCUT2D eigenvalue weighted by atomic mass is 16.5. The minimum absolute atomic E-state index is 0.143. The molecule has 0 fully saturated rings. The molecule has 0 saturated heterocycles. The van der Waals surface area contributed by atoms with E-state index in [4.69, 9.17) is 10.5 Å². The van der Waals surface area contributed by atoms with Crippen molar-refractivity contribution in [2.24, 2.45) is 5.73 Å². The molecular formula is C9H19NO2. The number of nitrogens with two attached hydrogens (primary N) is 1. The van der Waals surface area contributed by atoms with Gasteiger partial charge in [0.1, 0.15) is 0 Å². The van der Waals surface area contributed by atoms with Gasteiger partial charge in [-0.3, -0.25) is 4.79 Å². The van der Waals surface area contributed by atoms with E-state index in [1.807, 2.05) is 20.8 Å². The molecule has 0 aliphatic heterocycles. The zero-order valence-electron chi connectivity index (χ0n) is 8.22. The monoisotopic (exact) mass is 173 g/mol. The molecule has 0 aliphatic carbocycles. The van der Waals surface area contributed by atoms with Crippen molar-refractivity contribution in [1.29, 1.82) is 0 Å². The van der Waals surface area contributed by atoms with Crippen LogP contribution in [0.25, 0.3) is 0 Å². The quantitative estimate of drug-likeness (QED) is 0.640. The van der Waals surface area contributed by atoms with Gasteiger partial charge in [-0.2, -0.15) is 0 Å². The first-order valence-electron chi connectivity index (χ1n) is 4.40. The Kier molecular flexibility index (Phi) is 4.90. The van der Waals surface area contributed by atoms with Crippen LogP contribution >= 0.6 is 0 Å². The van der Waals surface area contributed by atoms with Crippen molar-refractivity contribution in [1.82, 2.24) is 0 Å². The molecule has 3 nitrogen and oxygen atoms in total. The van der Waals surface area contributed by atoms with Crippen LogP contribution in [0.1, 0.15) is 40.0 Å². The standard InChI is InChI=1S/C9H19NO2/c1-4-7-12-8(11)5-6-9(2,3)10/h4-7,10H2,1-3H3. The van der Waals surface area contributed by atoms with Crippen LogP contribution < -0.4 is 5.73 Å². The zero-order chi connectivity index (χ0) is 9.61. The van der Waals surface area contributed by atoms with Crippen LogP contribution in [0, 0.1) is 0 Å². The zero-order valence-corrected chi connectivity index (χ0v) is 8.22. The second-order valence-electron chi connectivity index (χ2n) is 3.71. The molecule has 0 unspecified atom stereocenters. The second kappa shape index (κ2) is 5.14. The predicted octanol–water partition coefficient (Wildman–Crippen LogP) is 1.46. The number of hydrogen-bond donors (Lipinski definition) is 1. The van der Waals surface area contributed by atoms with Crippen molar-refractivity contribution in [3.63, 3.8) is 0 Å². The van der Waals surface area contributed by atoms with Gasteiger partial charge < -0.3 is 10.5 Å². The van der Waals surface area contributed by atoms with Gasteiger partial charge in [0.15, 0.2) is 0 Å². The predicted molar refractivity (Wildman–Crippen MR) is 48.8 cm³/mol. The molecule has 72 valence electrons. The van der Waals surface area contributed by atoms with Gasteiger partial charge in [0, 0.05) is 12.0 Å².